The Hall–Kier alpha value is -3.43. The van der Waals surface area contributed by atoms with E-state index in [1.54, 1.807) is 37.4 Å². The van der Waals surface area contributed by atoms with Gasteiger partial charge in [-0.2, -0.15) is 13.2 Å². The van der Waals surface area contributed by atoms with Gasteiger partial charge in [-0.05, 0) is 128 Å². The van der Waals surface area contributed by atoms with Crippen molar-refractivity contribution >= 4 is 90.0 Å². The van der Waals surface area contributed by atoms with Gasteiger partial charge in [-0.1, -0.05) is 34.8 Å². The Bertz CT molecular complexity index is 1950. The van der Waals surface area contributed by atoms with Crippen LogP contribution in [-0.4, -0.2) is 35.7 Å². The normalized spacial score (nSPS) is 12.4. The summed E-state index contributed by atoms with van der Waals surface area (Å²) in [6, 6.07) is 13.1. The van der Waals surface area contributed by atoms with Gasteiger partial charge in [0.25, 0.3) is 0 Å². The van der Waals surface area contributed by atoms with Crippen LogP contribution in [0.5, 0.6) is 11.5 Å². The van der Waals surface area contributed by atoms with E-state index >= 15 is 0 Å². The van der Waals surface area contributed by atoms with E-state index in [1.807, 2.05) is 0 Å². The summed E-state index contributed by atoms with van der Waals surface area (Å²) in [5, 5.41) is 24.2. The van der Waals surface area contributed by atoms with Crippen LogP contribution in [-0.2, 0) is 41.8 Å². The molecule has 0 aromatic heterocycles. The number of anilines is 2. The molecule has 290 valence electrons. The third-order valence-electron chi connectivity index (χ3n) is 7.85. The predicted octanol–water partition coefficient (Wildman–Crippen LogP) is 11.7. The number of ether oxygens (including phenoxy) is 2. The molecule has 54 heavy (non-hydrogen) atoms. The maximum absolute atomic E-state index is 14.3. The van der Waals surface area contributed by atoms with E-state index in [-0.39, 0.29) is 54.0 Å². The van der Waals surface area contributed by atoms with Gasteiger partial charge in [0.15, 0.2) is 11.6 Å². The van der Waals surface area contributed by atoms with Gasteiger partial charge >= 0.3 is 18.1 Å². The number of aliphatic carboxylic acids is 2. The summed E-state index contributed by atoms with van der Waals surface area (Å²) >= 11 is 25.1. The molecule has 0 saturated heterocycles. The van der Waals surface area contributed by atoms with Crippen LogP contribution in [0, 0.1) is 11.7 Å². The van der Waals surface area contributed by atoms with Gasteiger partial charge < -0.3 is 30.3 Å². The first-order valence-corrected chi connectivity index (χ1v) is 18.9. The third kappa shape index (κ3) is 13.1. The average molecular weight is 944 g/mol. The zero-order valence-corrected chi connectivity index (χ0v) is 33.8. The lowest BCUT2D eigenvalue weighted by molar-refractivity contribution is -0.138. The molecule has 1 fully saturated rings. The zero-order chi connectivity index (χ0) is 39.7. The van der Waals surface area contributed by atoms with Crippen molar-refractivity contribution in [3.8, 4) is 11.5 Å². The van der Waals surface area contributed by atoms with Gasteiger partial charge in [0.2, 0.25) is 0 Å². The van der Waals surface area contributed by atoms with Crippen LogP contribution in [0.15, 0.2) is 63.5 Å². The van der Waals surface area contributed by atoms with Crippen molar-refractivity contribution < 1.29 is 46.8 Å². The smallest absolute Gasteiger partial charge is 0.416 e. The van der Waals surface area contributed by atoms with E-state index in [4.69, 9.17) is 54.5 Å². The Morgan fingerprint density at radius 2 is 1.46 bits per heavy atom. The molecule has 4 N–H and O–H groups in total. The van der Waals surface area contributed by atoms with Crippen LogP contribution in [0.2, 0.25) is 15.1 Å². The lowest BCUT2D eigenvalue weighted by atomic mass is 10.1. The summed E-state index contributed by atoms with van der Waals surface area (Å²) in [5.74, 6) is -1.20. The Labute approximate surface area is 340 Å². The fourth-order valence-electron chi connectivity index (χ4n) is 5.04. The minimum Gasteiger partial charge on any atom is -0.486 e. The number of halogens is 9. The number of nitrogens with one attached hydrogen (secondary N) is 2. The van der Waals surface area contributed by atoms with Crippen LogP contribution >= 0.6 is 66.7 Å². The van der Waals surface area contributed by atoms with Crippen molar-refractivity contribution in [3.05, 3.63) is 112 Å². The van der Waals surface area contributed by atoms with E-state index in [0.717, 1.165) is 25.0 Å². The zero-order valence-electron chi connectivity index (χ0n) is 28.4. The lowest BCUT2D eigenvalue weighted by Gasteiger charge is -2.15. The van der Waals surface area contributed by atoms with E-state index in [2.05, 4.69) is 42.5 Å². The number of aryl methyl sites for hydroxylation is 1. The van der Waals surface area contributed by atoms with Crippen molar-refractivity contribution in [2.24, 2.45) is 5.92 Å². The predicted molar refractivity (Wildman–Crippen MR) is 208 cm³/mol. The molecule has 0 radical (unpaired) electrons. The maximum Gasteiger partial charge on any atom is 0.416 e. The minimum absolute atomic E-state index is 0.0312. The SMILES string of the molecule is CNc1cc(Cl)cc(COc2c(Br)cc(CC(=O)O)cc2Br)c1F.O=C(O)CCc1cc(Cl)c(OCc2cc(NCC3CC3)cc(C(F)(F)F)c2)c(Cl)c1. The van der Waals surface area contributed by atoms with Gasteiger partial charge in [0, 0.05) is 36.3 Å². The average Bonchev–Trinajstić information content (AvgIpc) is 3.91. The third-order valence-corrected chi connectivity index (χ3v) is 9.81. The number of carbonyl (C=O) groups is 2. The number of carboxylic acid groups (broad SMARTS) is 2. The molecule has 0 aliphatic heterocycles. The molecule has 5 rings (SSSR count). The number of carboxylic acids is 2. The van der Waals surface area contributed by atoms with Gasteiger partial charge in [-0.3, -0.25) is 9.59 Å². The second-order valence-corrected chi connectivity index (χ2v) is 15.2. The van der Waals surface area contributed by atoms with Gasteiger partial charge in [-0.15, -0.1) is 0 Å². The molecule has 0 atom stereocenters. The summed E-state index contributed by atoms with van der Waals surface area (Å²) < 4.78 is 66.5. The van der Waals surface area contributed by atoms with Crippen molar-refractivity contribution in [2.75, 3.05) is 24.2 Å². The molecule has 4 aromatic carbocycles. The highest BCUT2D eigenvalue weighted by Gasteiger charge is 2.31. The number of hydrogen-bond donors (Lipinski definition) is 4. The molecule has 1 saturated carbocycles. The van der Waals surface area contributed by atoms with Crippen LogP contribution in [0.3, 0.4) is 0 Å². The largest absolute Gasteiger partial charge is 0.486 e. The lowest BCUT2D eigenvalue weighted by Crippen LogP contribution is -2.10. The molecule has 0 spiro atoms. The fraction of sp³-hybridized carbons (Fsp3) is 0.297. The Morgan fingerprint density at radius 3 is 2.02 bits per heavy atom. The molecule has 8 nitrogen and oxygen atoms in total. The van der Waals surface area contributed by atoms with E-state index in [9.17, 15) is 27.2 Å². The van der Waals surface area contributed by atoms with Crippen molar-refractivity contribution in [3.63, 3.8) is 0 Å². The minimum atomic E-state index is -4.48. The van der Waals surface area contributed by atoms with Crippen LogP contribution < -0.4 is 20.1 Å². The highest BCUT2D eigenvalue weighted by atomic mass is 79.9. The molecular formula is C37H33Br2Cl3F4N2O6. The van der Waals surface area contributed by atoms with E-state index < -0.39 is 29.5 Å². The number of benzene rings is 4. The molecule has 4 aromatic rings. The molecule has 0 heterocycles. The summed E-state index contributed by atoms with van der Waals surface area (Å²) in [6.45, 7) is 0.448. The standard InChI is InChI=1S/C21H20Cl2F3NO3.C16H13Br2ClFNO3/c22-17-7-13(3-4-19(28)29)8-18(23)20(17)30-11-14-5-15(21(24,25)26)9-16(6-14)27-10-12-1-2-12;1-21-13-6-10(19)5-9(15(13)20)7-24-16-11(17)2-8(3-12(16)18)4-14(22)23/h5-9,12,27H,1-4,10-11H2,(H,28,29);2-3,5-6,21H,4,7H2,1H3,(H,22,23). The van der Waals surface area contributed by atoms with Crippen LogP contribution in [0.4, 0.5) is 28.9 Å². The second-order valence-electron chi connectivity index (χ2n) is 12.2. The molecule has 0 unspecified atom stereocenters. The molecule has 17 heteroatoms. The van der Waals surface area contributed by atoms with Crippen molar-refractivity contribution in [2.45, 2.75) is 51.5 Å². The second kappa shape index (κ2) is 19.4. The quantitative estimate of drug-likeness (QED) is 0.0871. The van der Waals surface area contributed by atoms with Gasteiger partial charge in [0.05, 0.1) is 36.7 Å². The van der Waals surface area contributed by atoms with E-state index in [1.165, 1.54) is 12.1 Å². The summed E-state index contributed by atoms with van der Waals surface area (Å²) in [5.41, 5.74) is 1.78. The molecular weight excluding hydrogens is 911 g/mol. The highest BCUT2D eigenvalue weighted by Crippen LogP contribution is 2.38. The van der Waals surface area contributed by atoms with Gasteiger partial charge in [0.1, 0.15) is 19.0 Å². The molecule has 0 bridgehead atoms. The summed E-state index contributed by atoms with van der Waals surface area (Å²) in [7, 11) is 1.60. The Balaban J connectivity index is 0.000000247. The first-order valence-electron chi connectivity index (χ1n) is 16.2. The monoisotopic (exact) mass is 940 g/mol. The van der Waals surface area contributed by atoms with Crippen molar-refractivity contribution in [1.29, 1.82) is 0 Å². The molecule has 1 aliphatic carbocycles. The Kier molecular flexibility index (Phi) is 15.6. The topological polar surface area (TPSA) is 117 Å². The fourth-order valence-corrected chi connectivity index (χ4v) is 7.43. The molecule has 0 amide bonds. The van der Waals surface area contributed by atoms with Gasteiger partial charge in [-0.25, -0.2) is 4.39 Å². The number of alkyl halides is 3. The first-order chi connectivity index (χ1) is 25.4. The summed E-state index contributed by atoms with van der Waals surface area (Å²) in [4.78, 5) is 21.5. The molecule has 1 aliphatic rings. The Morgan fingerprint density at radius 1 is 0.833 bits per heavy atom. The van der Waals surface area contributed by atoms with Crippen LogP contribution in [0.25, 0.3) is 0 Å². The summed E-state index contributed by atoms with van der Waals surface area (Å²) in [6.07, 6.45) is -2.24. The van der Waals surface area contributed by atoms with E-state index in [0.29, 0.717) is 60.1 Å². The number of rotatable bonds is 15. The van der Waals surface area contributed by atoms with Crippen LogP contribution in [0.1, 0.15) is 47.1 Å². The van der Waals surface area contributed by atoms with Crippen molar-refractivity contribution in [1.82, 2.24) is 0 Å². The maximum atomic E-state index is 14.3. The number of hydrogen-bond acceptors (Lipinski definition) is 6. The highest BCUT2D eigenvalue weighted by molar-refractivity contribution is 9.11. The first kappa shape index (κ1) is 43.3.